The lowest BCUT2D eigenvalue weighted by atomic mass is 10.1. The number of furan rings is 1. The van der Waals surface area contributed by atoms with Gasteiger partial charge in [0.05, 0.1) is 18.4 Å². The first-order chi connectivity index (χ1) is 15.6. The molecule has 0 spiro atoms. The van der Waals surface area contributed by atoms with E-state index < -0.39 is 0 Å². The van der Waals surface area contributed by atoms with Crippen molar-refractivity contribution in [2.45, 2.75) is 26.5 Å². The lowest BCUT2D eigenvalue weighted by molar-refractivity contribution is 0.0723. The number of rotatable bonds is 9. The van der Waals surface area contributed by atoms with Gasteiger partial charge >= 0.3 is 0 Å². The second-order valence-electron chi connectivity index (χ2n) is 7.12. The summed E-state index contributed by atoms with van der Waals surface area (Å²) in [6.45, 7) is 2.87. The van der Waals surface area contributed by atoms with Crippen LogP contribution in [-0.4, -0.2) is 27.5 Å². The molecule has 0 N–H and O–H groups in total. The molecule has 2 aromatic heterocycles. The van der Waals surface area contributed by atoms with Crippen LogP contribution in [0.3, 0.4) is 0 Å². The Hall–Kier alpha value is -3.94. The van der Waals surface area contributed by atoms with Crippen LogP contribution in [0.15, 0.2) is 75.8 Å². The maximum absolute atomic E-state index is 13.3. The minimum absolute atomic E-state index is 0.159. The number of para-hydroxylation sites is 1. The Bertz CT molecular complexity index is 1160. The molecule has 0 aliphatic carbocycles. The van der Waals surface area contributed by atoms with Gasteiger partial charge in [0.2, 0.25) is 5.89 Å². The summed E-state index contributed by atoms with van der Waals surface area (Å²) < 4.78 is 29.9. The Balaban J connectivity index is 1.50. The highest BCUT2D eigenvalue weighted by Crippen LogP contribution is 2.23. The minimum Gasteiger partial charge on any atom is -0.488 e. The second-order valence-corrected chi connectivity index (χ2v) is 7.12. The molecule has 2 aromatic carbocycles. The Morgan fingerprint density at radius 1 is 1.06 bits per heavy atom. The number of amides is 1. The molecule has 1 amide bonds. The van der Waals surface area contributed by atoms with Gasteiger partial charge < -0.3 is 18.5 Å². The van der Waals surface area contributed by atoms with E-state index >= 15 is 0 Å². The van der Waals surface area contributed by atoms with Gasteiger partial charge in [0, 0.05) is 6.54 Å². The van der Waals surface area contributed by atoms with Crippen molar-refractivity contribution in [1.29, 1.82) is 0 Å². The van der Waals surface area contributed by atoms with Crippen LogP contribution in [0, 0.1) is 5.82 Å². The van der Waals surface area contributed by atoms with E-state index in [9.17, 15) is 9.18 Å². The lowest BCUT2D eigenvalue weighted by Crippen LogP contribution is -2.31. The summed E-state index contributed by atoms with van der Waals surface area (Å²) in [6.07, 6.45) is 2.28. The quantitative estimate of drug-likeness (QED) is 0.364. The molecule has 0 radical (unpaired) electrons. The van der Waals surface area contributed by atoms with Crippen LogP contribution in [-0.2, 0) is 13.2 Å². The fraction of sp³-hybridized carbons (Fsp3) is 0.208. The van der Waals surface area contributed by atoms with Crippen molar-refractivity contribution in [3.05, 3.63) is 89.8 Å². The van der Waals surface area contributed by atoms with Gasteiger partial charge in [-0.2, -0.15) is 0 Å². The van der Waals surface area contributed by atoms with E-state index in [0.717, 1.165) is 12.0 Å². The molecule has 0 atom stereocenters. The van der Waals surface area contributed by atoms with E-state index in [2.05, 4.69) is 10.2 Å². The molecule has 4 aromatic rings. The molecule has 8 heteroatoms. The first-order valence-corrected chi connectivity index (χ1v) is 10.3. The molecule has 0 unspecified atom stereocenters. The molecular formula is C24H22FN3O4. The van der Waals surface area contributed by atoms with Crippen LogP contribution in [0.2, 0.25) is 0 Å². The number of halogens is 1. The van der Waals surface area contributed by atoms with Crippen LogP contribution < -0.4 is 4.74 Å². The van der Waals surface area contributed by atoms with Gasteiger partial charge in [-0.1, -0.05) is 31.2 Å². The van der Waals surface area contributed by atoms with E-state index in [4.69, 9.17) is 13.6 Å². The third kappa shape index (κ3) is 5.03. The van der Waals surface area contributed by atoms with Crippen LogP contribution in [0.5, 0.6) is 5.75 Å². The number of aromatic nitrogens is 2. The van der Waals surface area contributed by atoms with Gasteiger partial charge in [-0.25, -0.2) is 4.39 Å². The number of ether oxygens (including phenoxy) is 1. The lowest BCUT2D eigenvalue weighted by Gasteiger charge is -2.21. The standard InChI is InChI=1S/C24H22FN3O4/c1-2-13-28(15-22-26-27-23(32-22)21-8-5-14-30-21)24(29)19-6-3-4-7-20(19)31-16-17-9-11-18(25)12-10-17/h3-12,14H,2,13,15-16H2,1H3. The van der Waals surface area contributed by atoms with Crippen molar-refractivity contribution in [1.82, 2.24) is 15.1 Å². The summed E-state index contributed by atoms with van der Waals surface area (Å²) in [5.74, 6) is 0.969. The van der Waals surface area contributed by atoms with E-state index in [1.54, 1.807) is 53.4 Å². The molecule has 2 heterocycles. The second kappa shape index (κ2) is 9.91. The SMILES string of the molecule is CCCN(Cc1nnc(-c2ccco2)o1)C(=O)c1ccccc1OCc1ccc(F)cc1. The van der Waals surface area contributed by atoms with Gasteiger partial charge in [0.1, 0.15) is 18.2 Å². The zero-order chi connectivity index (χ0) is 22.3. The highest BCUT2D eigenvalue weighted by molar-refractivity contribution is 5.96. The summed E-state index contributed by atoms with van der Waals surface area (Å²) in [5, 5.41) is 8.03. The third-order valence-corrected chi connectivity index (χ3v) is 4.73. The first-order valence-electron chi connectivity index (χ1n) is 10.3. The van der Waals surface area contributed by atoms with Crippen molar-refractivity contribution < 1.29 is 22.8 Å². The topological polar surface area (TPSA) is 81.6 Å². The van der Waals surface area contributed by atoms with Gasteiger partial charge in [0.25, 0.3) is 11.8 Å². The molecule has 0 fully saturated rings. The smallest absolute Gasteiger partial charge is 0.283 e. The highest BCUT2D eigenvalue weighted by Gasteiger charge is 2.22. The maximum atomic E-state index is 13.3. The number of hydrogen-bond acceptors (Lipinski definition) is 6. The van der Waals surface area contributed by atoms with Crippen LogP contribution in [0.25, 0.3) is 11.7 Å². The normalized spacial score (nSPS) is 10.8. The van der Waals surface area contributed by atoms with Gasteiger partial charge in [0.15, 0.2) is 5.76 Å². The summed E-state index contributed by atoms with van der Waals surface area (Å²) in [6, 6.07) is 16.5. The Morgan fingerprint density at radius 2 is 1.88 bits per heavy atom. The Kier molecular flexibility index (Phi) is 6.60. The van der Waals surface area contributed by atoms with Crippen LogP contribution in [0.1, 0.15) is 35.2 Å². The third-order valence-electron chi connectivity index (χ3n) is 4.73. The summed E-state index contributed by atoms with van der Waals surface area (Å²) in [7, 11) is 0. The molecular weight excluding hydrogens is 413 g/mol. The monoisotopic (exact) mass is 435 g/mol. The number of hydrogen-bond donors (Lipinski definition) is 0. The molecule has 7 nitrogen and oxygen atoms in total. The largest absolute Gasteiger partial charge is 0.488 e. The predicted octanol–water partition coefficient (Wildman–Crippen LogP) is 5.10. The minimum atomic E-state index is -0.309. The number of carbonyl (C=O) groups is 1. The van der Waals surface area contributed by atoms with Crippen molar-refractivity contribution in [3.63, 3.8) is 0 Å². The Morgan fingerprint density at radius 3 is 2.62 bits per heavy atom. The molecule has 0 bridgehead atoms. The average Bonchev–Trinajstić information content (AvgIpc) is 3.50. The number of carbonyl (C=O) groups excluding carboxylic acids is 1. The van der Waals surface area contributed by atoms with E-state index in [1.807, 2.05) is 6.92 Å². The molecule has 32 heavy (non-hydrogen) atoms. The number of benzene rings is 2. The molecule has 4 rings (SSSR count). The fourth-order valence-electron chi connectivity index (χ4n) is 3.18. The van der Waals surface area contributed by atoms with Crippen molar-refractivity contribution >= 4 is 5.91 Å². The maximum Gasteiger partial charge on any atom is 0.283 e. The van der Waals surface area contributed by atoms with Gasteiger partial charge in [-0.15, -0.1) is 10.2 Å². The van der Waals surface area contributed by atoms with Crippen molar-refractivity contribution in [2.24, 2.45) is 0 Å². The molecule has 164 valence electrons. The summed E-state index contributed by atoms with van der Waals surface area (Å²) >= 11 is 0. The fourth-order valence-corrected chi connectivity index (χ4v) is 3.18. The summed E-state index contributed by atoms with van der Waals surface area (Å²) in [4.78, 5) is 15.0. The molecule has 0 aliphatic heterocycles. The zero-order valence-electron chi connectivity index (χ0n) is 17.5. The molecule has 0 saturated carbocycles. The van der Waals surface area contributed by atoms with Crippen LogP contribution >= 0.6 is 0 Å². The molecule has 0 saturated heterocycles. The highest BCUT2D eigenvalue weighted by atomic mass is 19.1. The van der Waals surface area contributed by atoms with Crippen molar-refractivity contribution in [3.8, 4) is 17.4 Å². The first kappa shape index (κ1) is 21.3. The van der Waals surface area contributed by atoms with Crippen LogP contribution in [0.4, 0.5) is 4.39 Å². The van der Waals surface area contributed by atoms with Crippen molar-refractivity contribution in [2.75, 3.05) is 6.54 Å². The van der Waals surface area contributed by atoms with E-state index in [-0.39, 0.29) is 30.8 Å². The van der Waals surface area contributed by atoms with Gasteiger partial charge in [-0.3, -0.25) is 4.79 Å². The van der Waals surface area contributed by atoms with E-state index in [1.165, 1.54) is 18.4 Å². The van der Waals surface area contributed by atoms with Gasteiger partial charge in [-0.05, 0) is 48.4 Å². The average molecular weight is 435 g/mol. The van der Waals surface area contributed by atoms with E-state index in [0.29, 0.717) is 29.5 Å². The summed E-state index contributed by atoms with van der Waals surface area (Å²) in [5.41, 5.74) is 1.23. The molecule has 0 aliphatic rings. The predicted molar refractivity (Wildman–Crippen MR) is 114 cm³/mol. The number of nitrogens with zero attached hydrogens (tertiary/aromatic N) is 3. The zero-order valence-corrected chi connectivity index (χ0v) is 17.5. The Labute approximate surface area is 184 Å².